The highest BCUT2D eigenvalue weighted by atomic mass is 19.1. The Morgan fingerprint density at radius 1 is 1.23 bits per heavy atom. The van der Waals surface area contributed by atoms with E-state index in [9.17, 15) is 24.9 Å². The Morgan fingerprint density at radius 3 is 2.43 bits per heavy atom. The number of hydrogen-bond acceptors (Lipinski definition) is 8. The molecule has 0 radical (unpaired) electrons. The summed E-state index contributed by atoms with van der Waals surface area (Å²) in [5, 5.41) is 32.0. The van der Waals surface area contributed by atoms with Gasteiger partial charge in [-0.05, 0) is 55.7 Å². The summed E-state index contributed by atoms with van der Waals surface area (Å²) < 4.78 is 48.6. The van der Waals surface area contributed by atoms with Gasteiger partial charge < -0.3 is 24.8 Å². The van der Waals surface area contributed by atoms with Crippen LogP contribution in [0.15, 0.2) is 23.8 Å². The van der Waals surface area contributed by atoms with Crippen LogP contribution in [0.25, 0.3) is 0 Å². The summed E-state index contributed by atoms with van der Waals surface area (Å²) in [7, 11) is 2.20. The second-order valence-corrected chi connectivity index (χ2v) is 10.8. The minimum Gasteiger partial charge on any atom is -0.390 e. The third-order valence-electron chi connectivity index (χ3n) is 9.53. The minimum absolute atomic E-state index is 0.000428. The number of halogens is 2. The first-order valence-electron chi connectivity index (χ1n) is 11.8. The molecule has 4 rings (SSSR count). The molecule has 0 aliphatic heterocycles. The van der Waals surface area contributed by atoms with E-state index in [1.165, 1.54) is 19.1 Å². The van der Waals surface area contributed by atoms with E-state index in [-0.39, 0.29) is 24.8 Å². The molecule has 0 aromatic carbocycles. The van der Waals surface area contributed by atoms with Gasteiger partial charge in [-0.15, -0.1) is 0 Å². The SMILES string of the molecule is COC(O)(OC)O[C@]1(C(=O)CO)[C@H](C)C[C@H]2[C@@H]3C[C@H](F)C4=CC(=O)C=C[C@]4(C)[C@@]3(F)[C@@H](O)C[C@@]21C. The maximum atomic E-state index is 17.3. The maximum absolute atomic E-state index is 17.3. The first kappa shape index (κ1) is 26.5. The van der Waals surface area contributed by atoms with Gasteiger partial charge in [0.15, 0.2) is 17.2 Å². The molecule has 0 amide bonds. The number of rotatable bonds is 6. The third-order valence-corrected chi connectivity index (χ3v) is 9.53. The number of ether oxygens (including phenoxy) is 3. The molecule has 0 aromatic heterocycles. The lowest BCUT2D eigenvalue weighted by Crippen LogP contribution is -2.71. The predicted molar refractivity (Wildman–Crippen MR) is 118 cm³/mol. The molecular weight excluding hydrogens is 466 g/mol. The van der Waals surface area contributed by atoms with Gasteiger partial charge in [-0.2, -0.15) is 0 Å². The van der Waals surface area contributed by atoms with Gasteiger partial charge in [-0.3, -0.25) is 14.3 Å². The number of fused-ring (bicyclic) bond motifs is 5. The zero-order chi connectivity index (χ0) is 26.2. The van der Waals surface area contributed by atoms with Crippen molar-refractivity contribution in [2.45, 2.75) is 69.7 Å². The molecule has 0 aromatic rings. The summed E-state index contributed by atoms with van der Waals surface area (Å²) >= 11 is 0. The largest absolute Gasteiger partial charge is 0.410 e. The summed E-state index contributed by atoms with van der Waals surface area (Å²) in [6, 6.07) is 0. The molecule has 4 aliphatic carbocycles. The molecule has 3 saturated carbocycles. The Labute approximate surface area is 202 Å². The number of ketones is 2. The zero-order valence-corrected chi connectivity index (χ0v) is 20.6. The third kappa shape index (κ3) is 3.17. The van der Waals surface area contributed by atoms with Gasteiger partial charge >= 0.3 is 6.16 Å². The van der Waals surface area contributed by atoms with Crippen LogP contribution in [0, 0.1) is 28.6 Å². The molecule has 35 heavy (non-hydrogen) atoms. The van der Waals surface area contributed by atoms with Crippen LogP contribution in [0.1, 0.15) is 40.0 Å². The van der Waals surface area contributed by atoms with Crippen molar-refractivity contribution in [1.29, 1.82) is 0 Å². The first-order chi connectivity index (χ1) is 16.2. The van der Waals surface area contributed by atoms with Gasteiger partial charge in [0, 0.05) is 31.0 Å². The number of aliphatic hydroxyl groups excluding tert-OH is 2. The highest BCUT2D eigenvalue weighted by Gasteiger charge is 2.78. The molecule has 0 unspecified atom stereocenters. The van der Waals surface area contributed by atoms with Gasteiger partial charge in [-0.25, -0.2) is 8.78 Å². The fourth-order valence-corrected chi connectivity index (χ4v) is 7.88. The van der Waals surface area contributed by atoms with Gasteiger partial charge in [0.05, 0.1) is 6.10 Å². The molecule has 0 spiro atoms. The number of methoxy groups -OCH3 is 2. The highest BCUT2D eigenvalue weighted by Crippen LogP contribution is 2.72. The molecule has 8 nitrogen and oxygen atoms in total. The van der Waals surface area contributed by atoms with E-state index in [1.807, 2.05) is 0 Å². The van der Waals surface area contributed by atoms with E-state index in [2.05, 4.69) is 0 Å². The monoisotopic (exact) mass is 500 g/mol. The maximum Gasteiger partial charge on any atom is 0.410 e. The Kier molecular flexibility index (Phi) is 6.23. The molecule has 3 N–H and O–H groups in total. The van der Waals surface area contributed by atoms with Crippen molar-refractivity contribution in [2.24, 2.45) is 28.6 Å². The minimum atomic E-state index is -2.66. The number of carbonyl (C=O) groups excluding carboxylic acids is 2. The van der Waals surface area contributed by atoms with E-state index in [0.717, 1.165) is 20.3 Å². The average Bonchev–Trinajstić information content (AvgIpc) is 3.03. The lowest BCUT2D eigenvalue weighted by molar-refractivity contribution is -0.500. The smallest absolute Gasteiger partial charge is 0.390 e. The standard InChI is InChI=1S/C25H34F2O8/c1-13-8-15-16-10-18(26)17-9-14(29)6-7-21(17,2)23(16,27)19(30)11-22(15,3)24(13,20(31)12-28)35-25(32,33-4)34-5/h6-7,9,13,15-16,18-19,28,30,32H,8,10-12H2,1-5H3/t13-,15+,16+,18+,19+,21+,22+,23+,24+/m1/s1. The fourth-order valence-electron chi connectivity index (χ4n) is 7.88. The topological polar surface area (TPSA) is 123 Å². The van der Waals surface area contributed by atoms with Crippen LogP contribution < -0.4 is 0 Å². The normalized spacial score (nSPS) is 47.1. The summed E-state index contributed by atoms with van der Waals surface area (Å²) in [4.78, 5) is 25.3. The molecule has 10 heteroatoms. The van der Waals surface area contributed by atoms with Crippen LogP contribution in [0.2, 0.25) is 0 Å². The number of carbonyl (C=O) groups is 2. The van der Waals surface area contributed by atoms with Crippen molar-refractivity contribution in [3.05, 3.63) is 23.8 Å². The summed E-state index contributed by atoms with van der Waals surface area (Å²) in [6.45, 7) is 3.84. The van der Waals surface area contributed by atoms with Gasteiger partial charge in [0.1, 0.15) is 18.4 Å². The highest BCUT2D eigenvalue weighted by molar-refractivity contribution is 6.01. The van der Waals surface area contributed by atoms with E-state index < -0.39 is 76.5 Å². The van der Waals surface area contributed by atoms with Crippen LogP contribution in [0.5, 0.6) is 0 Å². The Hall–Kier alpha value is -1.56. The van der Waals surface area contributed by atoms with Crippen LogP contribution in [0.3, 0.4) is 0 Å². The summed E-state index contributed by atoms with van der Waals surface area (Å²) in [5.74, 6) is -3.64. The fraction of sp³-hybridized carbons (Fsp3) is 0.760. The van der Waals surface area contributed by atoms with E-state index in [4.69, 9.17) is 14.2 Å². The quantitative estimate of drug-likeness (QED) is 0.472. The Bertz CT molecular complexity index is 979. The Balaban J connectivity index is 1.89. The number of alkyl halides is 2. The van der Waals surface area contributed by atoms with Crippen molar-refractivity contribution in [1.82, 2.24) is 0 Å². The molecule has 3 fully saturated rings. The van der Waals surface area contributed by atoms with Crippen molar-refractivity contribution in [3.8, 4) is 0 Å². The van der Waals surface area contributed by atoms with Crippen LogP contribution in [-0.4, -0.2) is 77.4 Å². The van der Waals surface area contributed by atoms with Crippen LogP contribution in [0.4, 0.5) is 8.78 Å². The number of hydrogen-bond donors (Lipinski definition) is 3. The van der Waals surface area contributed by atoms with Gasteiger partial charge in [0.25, 0.3) is 0 Å². The van der Waals surface area contributed by atoms with Crippen molar-refractivity contribution in [3.63, 3.8) is 0 Å². The number of Topliss-reactive ketones (excluding diaryl/α,β-unsaturated/α-hetero) is 1. The van der Waals surface area contributed by atoms with E-state index in [0.29, 0.717) is 0 Å². The van der Waals surface area contributed by atoms with Crippen molar-refractivity contribution >= 4 is 11.6 Å². The molecule has 9 atom stereocenters. The molecule has 196 valence electrons. The first-order valence-corrected chi connectivity index (χ1v) is 11.8. The summed E-state index contributed by atoms with van der Waals surface area (Å²) in [6.07, 6.45) is -2.72. The molecular formula is C25H34F2O8. The number of allylic oxidation sites excluding steroid dienone is 4. The molecule has 0 saturated heterocycles. The summed E-state index contributed by atoms with van der Waals surface area (Å²) in [5.41, 5.74) is -7.17. The molecule has 0 heterocycles. The second kappa shape index (κ2) is 8.22. The lowest BCUT2D eigenvalue weighted by Gasteiger charge is -2.63. The van der Waals surface area contributed by atoms with Crippen LogP contribution in [-0.2, 0) is 23.8 Å². The average molecular weight is 501 g/mol. The predicted octanol–water partition coefficient (Wildman–Crippen LogP) is 1.76. The van der Waals surface area contributed by atoms with Crippen LogP contribution >= 0.6 is 0 Å². The van der Waals surface area contributed by atoms with Crippen molar-refractivity contribution < 1.29 is 47.9 Å². The van der Waals surface area contributed by atoms with Crippen molar-refractivity contribution in [2.75, 3.05) is 20.8 Å². The molecule has 4 aliphatic rings. The van der Waals surface area contributed by atoms with E-state index in [1.54, 1.807) is 13.8 Å². The molecule has 0 bridgehead atoms. The lowest BCUT2D eigenvalue weighted by atomic mass is 9.44. The Morgan fingerprint density at radius 2 is 1.86 bits per heavy atom. The van der Waals surface area contributed by atoms with Gasteiger partial charge in [-0.1, -0.05) is 19.9 Å². The zero-order valence-electron chi connectivity index (χ0n) is 20.6. The van der Waals surface area contributed by atoms with Gasteiger partial charge in [0.2, 0.25) is 0 Å². The number of aliphatic hydroxyl groups is 3. The second-order valence-electron chi connectivity index (χ2n) is 10.8. The van der Waals surface area contributed by atoms with E-state index >= 15 is 8.78 Å².